The first kappa shape index (κ1) is 19.2. The van der Waals surface area contributed by atoms with Gasteiger partial charge in [0.25, 0.3) is 0 Å². The summed E-state index contributed by atoms with van der Waals surface area (Å²) in [5, 5.41) is 5.84. The SMILES string of the molecule is CCCC(=O)NCCCCCCC(=O)Nc1ccc(CC)cc1. The van der Waals surface area contributed by atoms with Gasteiger partial charge in [-0.15, -0.1) is 0 Å². The highest BCUT2D eigenvalue weighted by Gasteiger charge is 2.02. The first-order chi connectivity index (χ1) is 11.2. The summed E-state index contributed by atoms with van der Waals surface area (Å²) in [6.07, 6.45) is 7.00. The maximum Gasteiger partial charge on any atom is 0.224 e. The molecule has 23 heavy (non-hydrogen) atoms. The number of nitrogens with one attached hydrogen (secondary N) is 2. The summed E-state index contributed by atoms with van der Waals surface area (Å²) in [7, 11) is 0. The molecule has 0 saturated heterocycles. The minimum atomic E-state index is 0.0745. The molecule has 0 fully saturated rings. The second-order valence-corrected chi connectivity index (χ2v) is 5.86. The molecular weight excluding hydrogens is 288 g/mol. The van der Waals surface area contributed by atoms with Gasteiger partial charge >= 0.3 is 0 Å². The Hall–Kier alpha value is -1.84. The fourth-order valence-electron chi connectivity index (χ4n) is 2.35. The van der Waals surface area contributed by atoms with E-state index in [1.54, 1.807) is 0 Å². The lowest BCUT2D eigenvalue weighted by Crippen LogP contribution is -2.23. The summed E-state index contributed by atoms with van der Waals surface area (Å²) in [4.78, 5) is 23.1. The van der Waals surface area contributed by atoms with E-state index in [-0.39, 0.29) is 11.8 Å². The van der Waals surface area contributed by atoms with Gasteiger partial charge in [-0.3, -0.25) is 9.59 Å². The van der Waals surface area contributed by atoms with Crippen molar-refractivity contribution in [1.82, 2.24) is 5.32 Å². The monoisotopic (exact) mass is 318 g/mol. The fourth-order valence-corrected chi connectivity index (χ4v) is 2.35. The van der Waals surface area contributed by atoms with Crippen LogP contribution in [0.15, 0.2) is 24.3 Å². The third-order valence-corrected chi connectivity index (χ3v) is 3.78. The quantitative estimate of drug-likeness (QED) is 0.605. The van der Waals surface area contributed by atoms with Gasteiger partial charge in [0, 0.05) is 25.1 Å². The molecule has 4 nitrogen and oxygen atoms in total. The molecule has 0 aliphatic rings. The maximum absolute atomic E-state index is 11.8. The van der Waals surface area contributed by atoms with Crippen LogP contribution in [-0.4, -0.2) is 18.4 Å². The molecule has 2 amide bonds. The number of unbranched alkanes of at least 4 members (excludes halogenated alkanes) is 3. The second kappa shape index (κ2) is 11.7. The smallest absolute Gasteiger partial charge is 0.224 e. The van der Waals surface area contributed by atoms with Gasteiger partial charge in [-0.25, -0.2) is 0 Å². The van der Waals surface area contributed by atoms with Gasteiger partial charge in [-0.05, 0) is 43.4 Å². The highest BCUT2D eigenvalue weighted by atomic mass is 16.2. The fraction of sp³-hybridized carbons (Fsp3) is 0.579. The van der Waals surface area contributed by atoms with Crippen LogP contribution in [-0.2, 0) is 16.0 Å². The van der Waals surface area contributed by atoms with Crippen LogP contribution in [0.2, 0.25) is 0 Å². The average molecular weight is 318 g/mol. The molecule has 0 unspecified atom stereocenters. The second-order valence-electron chi connectivity index (χ2n) is 5.86. The van der Waals surface area contributed by atoms with Crippen molar-refractivity contribution in [1.29, 1.82) is 0 Å². The van der Waals surface area contributed by atoms with Crippen molar-refractivity contribution in [3.05, 3.63) is 29.8 Å². The molecular formula is C19H30N2O2. The minimum absolute atomic E-state index is 0.0745. The van der Waals surface area contributed by atoms with Crippen molar-refractivity contribution >= 4 is 17.5 Å². The van der Waals surface area contributed by atoms with Gasteiger partial charge in [-0.2, -0.15) is 0 Å². The molecule has 0 spiro atoms. The van der Waals surface area contributed by atoms with Crippen LogP contribution in [0, 0.1) is 0 Å². The molecule has 0 atom stereocenters. The number of amides is 2. The zero-order chi connectivity index (χ0) is 16.9. The molecule has 0 aromatic heterocycles. The Kier molecular flexibility index (Phi) is 9.76. The third kappa shape index (κ3) is 9.01. The Morgan fingerprint density at radius 3 is 2.22 bits per heavy atom. The Balaban J connectivity index is 2.04. The molecule has 0 aliphatic heterocycles. The molecule has 1 aromatic carbocycles. The minimum Gasteiger partial charge on any atom is -0.356 e. The van der Waals surface area contributed by atoms with Gasteiger partial charge in [0.2, 0.25) is 11.8 Å². The lowest BCUT2D eigenvalue weighted by Gasteiger charge is -2.06. The van der Waals surface area contributed by atoms with E-state index in [1.807, 2.05) is 31.2 Å². The van der Waals surface area contributed by atoms with Gasteiger partial charge in [0.15, 0.2) is 0 Å². The lowest BCUT2D eigenvalue weighted by molar-refractivity contribution is -0.121. The van der Waals surface area contributed by atoms with Crippen molar-refractivity contribution in [2.75, 3.05) is 11.9 Å². The molecule has 1 rings (SSSR count). The summed E-state index contributed by atoms with van der Waals surface area (Å²) < 4.78 is 0. The summed E-state index contributed by atoms with van der Waals surface area (Å²) in [6, 6.07) is 8.00. The lowest BCUT2D eigenvalue weighted by atomic mass is 10.1. The molecule has 128 valence electrons. The van der Waals surface area contributed by atoms with Crippen LogP contribution in [0.4, 0.5) is 5.69 Å². The van der Waals surface area contributed by atoms with E-state index in [1.165, 1.54) is 5.56 Å². The summed E-state index contributed by atoms with van der Waals surface area (Å²) in [6.45, 7) is 4.86. The normalized spacial score (nSPS) is 10.3. The van der Waals surface area contributed by atoms with E-state index in [9.17, 15) is 9.59 Å². The van der Waals surface area contributed by atoms with Gasteiger partial charge < -0.3 is 10.6 Å². The number of anilines is 1. The number of benzene rings is 1. The maximum atomic E-state index is 11.8. The summed E-state index contributed by atoms with van der Waals surface area (Å²) in [5.74, 6) is 0.214. The summed E-state index contributed by atoms with van der Waals surface area (Å²) >= 11 is 0. The molecule has 0 radical (unpaired) electrons. The predicted molar refractivity (Wildman–Crippen MR) is 95.5 cm³/mol. The first-order valence-corrected chi connectivity index (χ1v) is 8.81. The highest BCUT2D eigenvalue weighted by molar-refractivity contribution is 5.90. The number of hydrogen-bond acceptors (Lipinski definition) is 2. The number of carbonyl (C=O) groups is 2. The molecule has 0 saturated carbocycles. The molecule has 4 heteroatoms. The average Bonchev–Trinajstić information content (AvgIpc) is 2.55. The van der Waals surface area contributed by atoms with Gasteiger partial charge in [0.1, 0.15) is 0 Å². The first-order valence-electron chi connectivity index (χ1n) is 8.81. The van der Waals surface area contributed by atoms with Crippen LogP contribution < -0.4 is 10.6 Å². The third-order valence-electron chi connectivity index (χ3n) is 3.78. The van der Waals surface area contributed by atoms with Crippen LogP contribution in [0.1, 0.15) is 64.4 Å². The molecule has 2 N–H and O–H groups in total. The Morgan fingerprint density at radius 1 is 0.870 bits per heavy atom. The highest BCUT2D eigenvalue weighted by Crippen LogP contribution is 2.11. The van der Waals surface area contributed by atoms with E-state index >= 15 is 0 Å². The molecule has 0 aliphatic carbocycles. The molecule has 1 aromatic rings. The number of hydrogen-bond donors (Lipinski definition) is 2. The van der Waals surface area contributed by atoms with Crippen molar-refractivity contribution in [3.8, 4) is 0 Å². The van der Waals surface area contributed by atoms with E-state index in [0.717, 1.165) is 50.8 Å². The van der Waals surface area contributed by atoms with Crippen molar-refractivity contribution in [2.24, 2.45) is 0 Å². The van der Waals surface area contributed by atoms with Gasteiger partial charge in [0.05, 0.1) is 0 Å². The van der Waals surface area contributed by atoms with E-state index < -0.39 is 0 Å². The number of aryl methyl sites for hydroxylation is 1. The van der Waals surface area contributed by atoms with Crippen LogP contribution >= 0.6 is 0 Å². The summed E-state index contributed by atoms with van der Waals surface area (Å²) in [5.41, 5.74) is 2.14. The van der Waals surface area contributed by atoms with E-state index in [2.05, 4.69) is 17.6 Å². The number of carbonyl (C=O) groups excluding carboxylic acids is 2. The topological polar surface area (TPSA) is 58.2 Å². The molecule has 0 heterocycles. The molecule has 0 bridgehead atoms. The van der Waals surface area contributed by atoms with Crippen LogP contribution in [0.25, 0.3) is 0 Å². The van der Waals surface area contributed by atoms with E-state index in [0.29, 0.717) is 12.8 Å². The zero-order valence-corrected chi connectivity index (χ0v) is 14.5. The standard InChI is InChI=1S/C19H30N2O2/c1-3-9-18(22)20-15-8-6-5-7-10-19(23)21-17-13-11-16(4-2)12-14-17/h11-14H,3-10,15H2,1-2H3,(H,20,22)(H,21,23). The Bertz CT molecular complexity index is 469. The number of rotatable bonds is 11. The van der Waals surface area contributed by atoms with Crippen LogP contribution in [0.5, 0.6) is 0 Å². The van der Waals surface area contributed by atoms with Crippen LogP contribution in [0.3, 0.4) is 0 Å². The van der Waals surface area contributed by atoms with Crippen molar-refractivity contribution in [3.63, 3.8) is 0 Å². The Morgan fingerprint density at radius 2 is 1.57 bits per heavy atom. The van der Waals surface area contributed by atoms with Crippen molar-refractivity contribution in [2.45, 2.75) is 65.2 Å². The van der Waals surface area contributed by atoms with Crippen molar-refractivity contribution < 1.29 is 9.59 Å². The van der Waals surface area contributed by atoms with Gasteiger partial charge in [-0.1, -0.05) is 38.8 Å². The van der Waals surface area contributed by atoms with E-state index in [4.69, 9.17) is 0 Å². The Labute approximate surface area is 140 Å². The zero-order valence-electron chi connectivity index (χ0n) is 14.5. The largest absolute Gasteiger partial charge is 0.356 e. The predicted octanol–water partition coefficient (Wildman–Crippen LogP) is 4.05.